The Hall–Kier alpha value is -1.78. The van der Waals surface area contributed by atoms with Gasteiger partial charge in [-0.3, -0.25) is 4.79 Å². The van der Waals surface area contributed by atoms with E-state index in [9.17, 15) is 14.7 Å². The Morgan fingerprint density at radius 2 is 2.00 bits per heavy atom. The van der Waals surface area contributed by atoms with E-state index in [2.05, 4.69) is 5.32 Å². The van der Waals surface area contributed by atoms with Crippen LogP contribution in [0.2, 0.25) is 0 Å². The summed E-state index contributed by atoms with van der Waals surface area (Å²) in [6.07, 6.45) is 5.10. The molecule has 0 aromatic carbocycles. The van der Waals surface area contributed by atoms with Crippen molar-refractivity contribution in [2.24, 2.45) is 0 Å². The number of rotatable bonds is 3. The molecule has 5 heteroatoms. The number of carbonyl (C=O) groups is 2. The molecular formula is C13H17NO4. The molecule has 0 bridgehead atoms. The van der Waals surface area contributed by atoms with Gasteiger partial charge in [0.1, 0.15) is 11.3 Å². The molecule has 0 saturated heterocycles. The van der Waals surface area contributed by atoms with Crippen LogP contribution in [0, 0.1) is 6.92 Å². The largest absolute Gasteiger partial charge is 0.480 e. The van der Waals surface area contributed by atoms with Gasteiger partial charge >= 0.3 is 5.97 Å². The maximum absolute atomic E-state index is 12.1. The Balaban J connectivity index is 2.17. The van der Waals surface area contributed by atoms with Gasteiger partial charge in [-0.25, -0.2) is 4.79 Å². The van der Waals surface area contributed by atoms with Crippen LogP contribution in [0.5, 0.6) is 0 Å². The first-order valence-corrected chi connectivity index (χ1v) is 6.15. The molecule has 1 heterocycles. The Morgan fingerprint density at radius 1 is 1.33 bits per heavy atom. The van der Waals surface area contributed by atoms with E-state index < -0.39 is 11.5 Å². The molecule has 1 amide bonds. The van der Waals surface area contributed by atoms with E-state index in [1.54, 1.807) is 13.0 Å². The SMILES string of the molecule is Cc1occc1C(=O)NC1(C(=O)O)CCCCC1. The van der Waals surface area contributed by atoms with Gasteiger partial charge in [0.2, 0.25) is 0 Å². The smallest absolute Gasteiger partial charge is 0.329 e. The molecule has 0 radical (unpaired) electrons. The minimum Gasteiger partial charge on any atom is -0.480 e. The van der Waals surface area contributed by atoms with Crippen LogP contribution >= 0.6 is 0 Å². The van der Waals surface area contributed by atoms with E-state index >= 15 is 0 Å². The van der Waals surface area contributed by atoms with Gasteiger partial charge in [0, 0.05) is 0 Å². The maximum Gasteiger partial charge on any atom is 0.329 e. The fourth-order valence-electron chi connectivity index (χ4n) is 2.45. The highest BCUT2D eigenvalue weighted by Gasteiger charge is 2.41. The number of nitrogens with one attached hydrogen (secondary N) is 1. The highest BCUT2D eigenvalue weighted by Crippen LogP contribution is 2.29. The lowest BCUT2D eigenvalue weighted by molar-refractivity contribution is -0.145. The highest BCUT2D eigenvalue weighted by atomic mass is 16.4. The maximum atomic E-state index is 12.1. The molecule has 1 aliphatic carbocycles. The number of aryl methyl sites for hydroxylation is 1. The summed E-state index contributed by atoms with van der Waals surface area (Å²) < 4.78 is 5.06. The molecule has 1 fully saturated rings. The van der Waals surface area contributed by atoms with Crippen LogP contribution in [-0.2, 0) is 4.79 Å². The molecule has 98 valence electrons. The lowest BCUT2D eigenvalue weighted by Gasteiger charge is -2.33. The number of hydrogen-bond donors (Lipinski definition) is 2. The van der Waals surface area contributed by atoms with Crippen LogP contribution in [0.1, 0.15) is 48.2 Å². The Bertz CT molecular complexity index is 457. The second-order valence-electron chi connectivity index (χ2n) is 4.79. The van der Waals surface area contributed by atoms with Crippen molar-refractivity contribution < 1.29 is 19.1 Å². The summed E-state index contributed by atoms with van der Waals surface area (Å²) in [5.41, 5.74) is -0.708. The summed E-state index contributed by atoms with van der Waals surface area (Å²) >= 11 is 0. The van der Waals surface area contributed by atoms with E-state index in [1.165, 1.54) is 6.26 Å². The van der Waals surface area contributed by atoms with Crippen molar-refractivity contribution in [3.05, 3.63) is 23.7 Å². The zero-order valence-electron chi connectivity index (χ0n) is 10.4. The summed E-state index contributed by atoms with van der Waals surface area (Å²) in [5, 5.41) is 12.0. The normalized spacial score (nSPS) is 18.3. The lowest BCUT2D eigenvalue weighted by Crippen LogP contribution is -2.55. The number of amides is 1. The van der Waals surface area contributed by atoms with Gasteiger partial charge in [0.15, 0.2) is 0 Å². The molecule has 2 N–H and O–H groups in total. The van der Waals surface area contributed by atoms with Crippen molar-refractivity contribution >= 4 is 11.9 Å². The van der Waals surface area contributed by atoms with Gasteiger partial charge < -0.3 is 14.8 Å². The van der Waals surface area contributed by atoms with Crippen molar-refractivity contribution in [1.29, 1.82) is 0 Å². The third-order valence-corrected chi connectivity index (χ3v) is 3.57. The van der Waals surface area contributed by atoms with Crippen molar-refractivity contribution in [1.82, 2.24) is 5.32 Å². The third-order valence-electron chi connectivity index (χ3n) is 3.57. The number of hydrogen-bond acceptors (Lipinski definition) is 3. The molecule has 0 aliphatic heterocycles. The molecule has 2 rings (SSSR count). The van der Waals surface area contributed by atoms with Gasteiger partial charge in [-0.1, -0.05) is 19.3 Å². The Morgan fingerprint density at radius 3 is 2.50 bits per heavy atom. The first-order valence-electron chi connectivity index (χ1n) is 6.15. The first-order chi connectivity index (χ1) is 8.55. The summed E-state index contributed by atoms with van der Waals surface area (Å²) in [5.74, 6) is -0.814. The molecule has 1 saturated carbocycles. The minimum atomic E-state index is -1.11. The molecule has 5 nitrogen and oxygen atoms in total. The Labute approximate surface area is 105 Å². The van der Waals surface area contributed by atoms with Crippen LogP contribution in [-0.4, -0.2) is 22.5 Å². The van der Waals surface area contributed by atoms with Crippen LogP contribution in [0.25, 0.3) is 0 Å². The summed E-state index contributed by atoms with van der Waals surface area (Å²) in [4.78, 5) is 23.5. The van der Waals surface area contributed by atoms with Crippen LogP contribution in [0.3, 0.4) is 0 Å². The van der Waals surface area contributed by atoms with Crippen LogP contribution in [0.4, 0.5) is 0 Å². The monoisotopic (exact) mass is 251 g/mol. The number of carboxylic acid groups (broad SMARTS) is 1. The van der Waals surface area contributed by atoms with Gasteiger partial charge in [-0.05, 0) is 25.8 Å². The summed E-state index contributed by atoms with van der Waals surface area (Å²) in [6, 6.07) is 1.56. The molecular weight excluding hydrogens is 234 g/mol. The standard InChI is InChI=1S/C13H17NO4/c1-9-10(5-8-18-9)11(15)14-13(12(16)17)6-3-2-4-7-13/h5,8H,2-4,6-7H2,1H3,(H,14,15)(H,16,17). The number of carbonyl (C=O) groups excluding carboxylic acids is 1. The van der Waals surface area contributed by atoms with E-state index in [1.807, 2.05) is 0 Å². The minimum absolute atomic E-state index is 0.370. The van der Waals surface area contributed by atoms with Gasteiger partial charge in [0.05, 0.1) is 11.8 Å². The first kappa shape index (κ1) is 12.7. The predicted octanol–water partition coefficient (Wildman–Crippen LogP) is 2.11. The zero-order valence-corrected chi connectivity index (χ0v) is 10.4. The number of aliphatic carboxylic acids is 1. The predicted molar refractivity (Wildman–Crippen MR) is 64.4 cm³/mol. The van der Waals surface area contributed by atoms with Crippen molar-refractivity contribution in [3.63, 3.8) is 0 Å². The van der Waals surface area contributed by atoms with E-state index in [4.69, 9.17) is 4.42 Å². The van der Waals surface area contributed by atoms with Crippen LogP contribution < -0.4 is 5.32 Å². The van der Waals surface area contributed by atoms with E-state index in [0.29, 0.717) is 24.2 Å². The Kier molecular flexibility index (Phi) is 3.41. The fraction of sp³-hybridized carbons (Fsp3) is 0.538. The van der Waals surface area contributed by atoms with Gasteiger partial charge in [-0.15, -0.1) is 0 Å². The highest BCUT2D eigenvalue weighted by molar-refractivity contribution is 5.98. The van der Waals surface area contributed by atoms with E-state index in [-0.39, 0.29) is 5.91 Å². The quantitative estimate of drug-likeness (QED) is 0.862. The molecule has 1 aromatic heterocycles. The topological polar surface area (TPSA) is 79.5 Å². The molecule has 0 spiro atoms. The van der Waals surface area contributed by atoms with Crippen molar-refractivity contribution in [3.8, 4) is 0 Å². The lowest BCUT2D eigenvalue weighted by atomic mass is 9.81. The van der Waals surface area contributed by atoms with Crippen molar-refractivity contribution in [2.75, 3.05) is 0 Å². The summed E-state index contributed by atoms with van der Waals surface area (Å²) in [7, 11) is 0. The number of carboxylic acids is 1. The summed E-state index contributed by atoms with van der Waals surface area (Å²) in [6.45, 7) is 1.68. The zero-order chi connectivity index (χ0) is 13.2. The van der Waals surface area contributed by atoms with Crippen molar-refractivity contribution in [2.45, 2.75) is 44.6 Å². The third kappa shape index (κ3) is 2.25. The average molecular weight is 251 g/mol. The fourth-order valence-corrected chi connectivity index (χ4v) is 2.45. The van der Waals surface area contributed by atoms with Gasteiger partial charge in [-0.2, -0.15) is 0 Å². The molecule has 0 unspecified atom stereocenters. The number of furan rings is 1. The van der Waals surface area contributed by atoms with E-state index in [0.717, 1.165) is 19.3 Å². The second-order valence-corrected chi connectivity index (χ2v) is 4.79. The average Bonchev–Trinajstić information content (AvgIpc) is 2.76. The van der Waals surface area contributed by atoms with Crippen LogP contribution in [0.15, 0.2) is 16.7 Å². The molecule has 1 aromatic rings. The molecule has 18 heavy (non-hydrogen) atoms. The van der Waals surface area contributed by atoms with Gasteiger partial charge in [0.25, 0.3) is 5.91 Å². The molecule has 1 aliphatic rings. The molecule has 0 atom stereocenters. The second kappa shape index (κ2) is 4.84.